The van der Waals surface area contributed by atoms with Crippen LogP contribution in [0, 0.1) is 0 Å². The predicted molar refractivity (Wildman–Crippen MR) is 264 cm³/mol. The first-order valence-electron chi connectivity index (χ1n) is 21.5. The summed E-state index contributed by atoms with van der Waals surface area (Å²) < 4.78 is 6.64. The van der Waals surface area contributed by atoms with Gasteiger partial charge in [-0.05, 0) is 99.1 Å². The Kier molecular flexibility index (Phi) is 9.08. The lowest BCUT2D eigenvalue weighted by molar-refractivity contribution is 0.672. The van der Waals surface area contributed by atoms with Crippen LogP contribution >= 0.6 is 0 Å². The van der Waals surface area contributed by atoms with Crippen molar-refractivity contribution in [1.29, 1.82) is 0 Å². The van der Waals surface area contributed by atoms with Crippen LogP contribution in [-0.2, 0) is 0 Å². The standard InChI is InChI=1S/C59H38N4O/c1-4-14-39(15-5-1)41-30-32-48(33-31-41)63(47-20-8-3-9-21-47)49-34-35-51-53(37-49)52(38-54-50-22-12-13-23-55(50)64-56(51)54)42-25-27-44(28-26-42)58-60-57(43-17-6-2-7-18-43)61-59(62-58)46-29-24-40-16-10-11-19-45(40)36-46/h1-38H. The Bertz CT molecular complexity index is 3640. The number of rotatable bonds is 8. The van der Waals surface area contributed by atoms with Gasteiger partial charge in [0.2, 0.25) is 0 Å². The Labute approximate surface area is 370 Å². The van der Waals surface area contributed by atoms with Crippen LogP contribution in [0.15, 0.2) is 235 Å². The van der Waals surface area contributed by atoms with Crippen molar-refractivity contribution in [2.45, 2.75) is 0 Å². The van der Waals surface area contributed by atoms with Gasteiger partial charge in [-0.1, -0.05) is 170 Å². The number of furan rings is 1. The second-order valence-electron chi connectivity index (χ2n) is 16.0. The quantitative estimate of drug-likeness (QED) is 0.153. The average Bonchev–Trinajstić information content (AvgIpc) is 3.76. The topological polar surface area (TPSA) is 55.1 Å². The number of hydrogen-bond donors (Lipinski definition) is 0. The second-order valence-corrected chi connectivity index (χ2v) is 16.0. The van der Waals surface area contributed by atoms with Crippen LogP contribution in [0.25, 0.3) is 99.9 Å². The first-order chi connectivity index (χ1) is 31.7. The van der Waals surface area contributed by atoms with Crippen molar-refractivity contribution in [2.24, 2.45) is 0 Å². The Balaban J connectivity index is 1.00. The molecule has 5 heteroatoms. The summed E-state index contributed by atoms with van der Waals surface area (Å²) in [5.41, 5.74) is 12.2. The van der Waals surface area contributed by atoms with Crippen molar-refractivity contribution in [3.05, 3.63) is 231 Å². The minimum absolute atomic E-state index is 0.615. The number of fused-ring (bicyclic) bond motifs is 6. The zero-order chi connectivity index (χ0) is 42.4. The number of hydrogen-bond acceptors (Lipinski definition) is 5. The summed E-state index contributed by atoms with van der Waals surface area (Å²) in [6.07, 6.45) is 0. The van der Waals surface area contributed by atoms with E-state index in [4.69, 9.17) is 19.4 Å². The fourth-order valence-corrected chi connectivity index (χ4v) is 8.90. The molecule has 0 spiro atoms. The third-order valence-electron chi connectivity index (χ3n) is 12.1. The molecule has 0 N–H and O–H groups in total. The Hall–Kier alpha value is -8.67. The van der Waals surface area contributed by atoms with E-state index in [-0.39, 0.29) is 0 Å². The number of nitrogens with zero attached hydrogens (tertiary/aromatic N) is 4. The van der Waals surface area contributed by atoms with Crippen LogP contribution in [0.3, 0.4) is 0 Å². The third kappa shape index (κ3) is 6.73. The van der Waals surface area contributed by atoms with E-state index in [2.05, 4.69) is 193 Å². The summed E-state index contributed by atoms with van der Waals surface area (Å²) >= 11 is 0. The number of aromatic nitrogens is 3. The molecule has 0 radical (unpaired) electrons. The zero-order valence-corrected chi connectivity index (χ0v) is 34.6. The van der Waals surface area contributed by atoms with E-state index in [1.807, 2.05) is 42.5 Å². The molecular formula is C59H38N4O. The fraction of sp³-hybridized carbons (Fsp3) is 0. The molecule has 5 nitrogen and oxygen atoms in total. The van der Waals surface area contributed by atoms with Crippen LogP contribution in [0.2, 0.25) is 0 Å². The molecule has 300 valence electrons. The molecule has 0 amide bonds. The van der Waals surface area contributed by atoms with Gasteiger partial charge >= 0.3 is 0 Å². The molecule has 0 fully saturated rings. The lowest BCUT2D eigenvalue weighted by atomic mass is 9.94. The largest absolute Gasteiger partial charge is 0.455 e. The van der Waals surface area contributed by atoms with Gasteiger partial charge in [0.25, 0.3) is 0 Å². The van der Waals surface area contributed by atoms with Gasteiger partial charge in [-0.2, -0.15) is 0 Å². The van der Waals surface area contributed by atoms with Crippen LogP contribution in [0.5, 0.6) is 0 Å². The SMILES string of the molecule is c1ccc(-c2ccc(N(c3ccccc3)c3ccc4c(c3)c(-c3ccc(-c5nc(-c6ccccc6)nc(-c6ccc7ccccc7c6)n5)cc3)cc3c5ccccc5oc43)cc2)cc1. The molecular weight excluding hydrogens is 781 g/mol. The molecule has 0 atom stereocenters. The molecule has 0 bridgehead atoms. The Morgan fingerprint density at radius 1 is 0.297 bits per heavy atom. The molecule has 0 aliphatic rings. The summed E-state index contributed by atoms with van der Waals surface area (Å²) in [5, 5.41) is 6.61. The molecule has 12 rings (SSSR count). The van der Waals surface area contributed by atoms with Gasteiger partial charge < -0.3 is 9.32 Å². The Morgan fingerprint density at radius 2 is 0.812 bits per heavy atom. The van der Waals surface area contributed by atoms with Gasteiger partial charge in [-0.15, -0.1) is 0 Å². The normalized spacial score (nSPS) is 11.4. The van der Waals surface area contributed by atoms with Gasteiger partial charge in [-0.3, -0.25) is 0 Å². The highest BCUT2D eigenvalue weighted by molar-refractivity contribution is 6.19. The molecule has 0 saturated carbocycles. The van der Waals surface area contributed by atoms with Gasteiger partial charge in [0.05, 0.1) is 0 Å². The van der Waals surface area contributed by atoms with Crippen LogP contribution in [-0.4, -0.2) is 15.0 Å². The highest BCUT2D eigenvalue weighted by Gasteiger charge is 2.20. The van der Waals surface area contributed by atoms with Crippen molar-refractivity contribution >= 4 is 60.5 Å². The van der Waals surface area contributed by atoms with Crippen LogP contribution in [0.1, 0.15) is 0 Å². The summed E-state index contributed by atoms with van der Waals surface area (Å²) in [6, 6.07) is 80.7. The average molecular weight is 819 g/mol. The van der Waals surface area contributed by atoms with Crippen molar-refractivity contribution < 1.29 is 4.42 Å². The van der Waals surface area contributed by atoms with Crippen molar-refractivity contribution in [3.63, 3.8) is 0 Å². The number of anilines is 3. The first kappa shape index (κ1) is 37.1. The highest BCUT2D eigenvalue weighted by Crippen LogP contribution is 2.44. The van der Waals surface area contributed by atoms with E-state index >= 15 is 0 Å². The predicted octanol–water partition coefficient (Wildman–Crippen LogP) is 15.9. The van der Waals surface area contributed by atoms with E-state index < -0.39 is 0 Å². The maximum absolute atomic E-state index is 6.64. The third-order valence-corrected chi connectivity index (χ3v) is 12.1. The number of para-hydroxylation sites is 2. The van der Waals surface area contributed by atoms with Gasteiger partial charge in [0, 0.05) is 49.9 Å². The summed E-state index contributed by atoms with van der Waals surface area (Å²) in [5.74, 6) is 1.88. The maximum Gasteiger partial charge on any atom is 0.164 e. The van der Waals surface area contributed by atoms with Gasteiger partial charge in [0.1, 0.15) is 11.2 Å². The molecule has 64 heavy (non-hydrogen) atoms. The smallest absolute Gasteiger partial charge is 0.164 e. The highest BCUT2D eigenvalue weighted by atomic mass is 16.3. The van der Waals surface area contributed by atoms with E-state index in [1.165, 1.54) is 16.5 Å². The van der Waals surface area contributed by atoms with Gasteiger partial charge in [-0.25, -0.2) is 15.0 Å². The van der Waals surface area contributed by atoms with E-state index in [0.29, 0.717) is 17.5 Å². The molecule has 0 aliphatic carbocycles. The molecule has 10 aromatic carbocycles. The molecule has 2 heterocycles. The minimum Gasteiger partial charge on any atom is -0.455 e. The molecule has 12 aromatic rings. The molecule has 0 saturated heterocycles. The van der Waals surface area contributed by atoms with Crippen LogP contribution in [0.4, 0.5) is 17.1 Å². The lowest BCUT2D eigenvalue weighted by Crippen LogP contribution is -2.09. The fourth-order valence-electron chi connectivity index (χ4n) is 8.90. The zero-order valence-electron chi connectivity index (χ0n) is 34.6. The van der Waals surface area contributed by atoms with E-state index in [0.717, 1.165) is 83.0 Å². The molecule has 2 aromatic heterocycles. The second kappa shape index (κ2) is 15.7. The monoisotopic (exact) mass is 818 g/mol. The molecule has 0 aliphatic heterocycles. The Morgan fingerprint density at radius 3 is 1.55 bits per heavy atom. The first-order valence-corrected chi connectivity index (χ1v) is 21.5. The minimum atomic E-state index is 0.615. The summed E-state index contributed by atoms with van der Waals surface area (Å²) in [6.45, 7) is 0. The lowest BCUT2D eigenvalue weighted by Gasteiger charge is -2.26. The van der Waals surface area contributed by atoms with Crippen molar-refractivity contribution in [1.82, 2.24) is 15.0 Å². The van der Waals surface area contributed by atoms with E-state index in [1.54, 1.807) is 0 Å². The summed E-state index contributed by atoms with van der Waals surface area (Å²) in [7, 11) is 0. The van der Waals surface area contributed by atoms with Gasteiger partial charge in [0.15, 0.2) is 17.5 Å². The summed E-state index contributed by atoms with van der Waals surface area (Å²) in [4.78, 5) is 17.5. The molecule has 0 unspecified atom stereocenters. The van der Waals surface area contributed by atoms with Crippen LogP contribution < -0.4 is 4.90 Å². The number of benzene rings is 10. The van der Waals surface area contributed by atoms with Crippen molar-refractivity contribution in [3.8, 4) is 56.4 Å². The maximum atomic E-state index is 6.64. The van der Waals surface area contributed by atoms with Crippen molar-refractivity contribution in [2.75, 3.05) is 4.90 Å². The van der Waals surface area contributed by atoms with E-state index in [9.17, 15) is 0 Å².